The highest BCUT2D eigenvalue weighted by atomic mass is 32.2. The Balaban J connectivity index is 0.000000221. The van der Waals surface area contributed by atoms with Crippen molar-refractivity contribution in [3.05, 3.63) is 65.7 Å². The molecule has 0 saturated carbocycles. The fourth-order valence-corrected chi connectivity index (χ4v) is 7.42. The van der Waals surface area contributed by atoms with Gasteiger partial charge in [0.15, 0.2) is 0 Å². The number of hydrogen-bond donors (Lipinski definition) is 2. The lowest BCUT2D eigenvalue weighted by Gasteiger charge is -2.42. The van der Waals surface area contributed by atoms with E-state index in [0.29, 0.717) is 18.8 Å². The van der Waals surface area contributed by atoms with E-state index >= 15 is 0 Å². The minimum absolute atomic E-state index is 0.0666. The number of hydrogen-bond acceptors (Lipinski definition) is 9. The van der Waals surface area contributed by atoms with Crippen LogP contribution in [0.3, 0.4) is 0 Å². The lowest BCUT2D eigenvalue weighted by Crippen LogP contribution is -2.69. The number of carbonyl (C=O) groups excluding carboxylic acids is 2. The normalized spacial score (nSPS) is 27.5. The molecule has 2 aromatic rings. The van der Waals surface area contributed by atoms with Crippen LogP contribution in [0.25, 0.3) is 0 Å². The van der Waals surface area contributed by atoms with Gasteiger partial charge in [-0.05, 0) is 43.1 Å². The van der Waals surface area contributed by atoms with Crippen LogP contribution in [0.1, 0.15) is 17.5 Å². The molecular formula is C23H26N2O7S3. The highest BCUT2D eigenvalue weighted by molar-refractivity contribution is 8.03. The number of esters is 1. The molecule has 1 amide bonds. The number of aryl methyl sites for hydroxylation is 1. The molecular weight excluding hydrogens is 512 g/mol. The number of carbonyl (C=O) groups is 2. The standard InChI is InChI=1S/C16H18N2O4S2.C7H8O3S/c17-11-13(19)18-12(15(20)21-8-10-4-2-1-3-5-10)16(24-14(11)18)6-7-22-23-9-16;1-6-2-4-7(5-3-6)11(8,9)10/h1-5,11-12,14H,6-9,17H2;2-5H,1H3,(H,8,9,10)/t11?,12?,14-,16?;/m0./s1. The van der Waals surface area contributed by atoms with Crippen molar-refractivity contribution in [1.82, 2.24) is 4.90 Å². The minimum atomic E-state index is -4.02. The monoisotopic (exact) mass is 538 g/mol. The molecule has 0 aromatic heterocycles. The summed E-state index contributed by atoms with van der Waals surface area (Å²) in [5.41, 5.74) is 7.80. The first kappa shape index (κ1) is 26.0. The summed E-state index contributed by atoms with van der Waals surface area (Å²) in [5, 5.41) is -0.134. The summed E-state index contributed by atoms with van der Waals surface area (Å²) in [6.45, 7) is 2.61. The molecule has 0 aliphatic carbocycles. The summed E-state index contributed by atoms with van der Waals surface area (Å²) in [7, 11) is -4.02. The summed E-state index contributed by atoms with van der Waals surface area (Å²) >= 11 is 2.99. The zero-order valence-corrected chi connectivity index (χ0v) is 21.4. The zero-order chi connectivity index (χ0) is 25.2. The maximum absolute atomic E-state index is 12.8. The van der Waals surface area contributed by atoms with E-state index in [1.165, 1.54) is 24.2 Å². The summed E-state index contributed by atoms with van der Waals surface area (Å²) in [4.78, 5) is 26.6. The van der Waals surface area contributed by atoms with Gasteiger partial charge in [-0.2, -0.15) is 8.42 Å². The first-order chi connectivity index (χ1) is 16.6. The lowest BCUT2D eigenvalue weighted by atomic mass is 9.92. The molecule has 188 valence electrons. The third kappa shape index (κ3) is 5.52. The second kappa shape index (κ2) is 10.5. The number of nitrogens with zero attached hydrogens (tertiary/aromatic N) is 1. The van der Waals surface area contributed by atoms with E-state index < -0.39 is 22.2 Å². The number of benzene rings is 2. The van der Waals surface area contributed by atoms with Crippen molar-refractivity contribution < 1.29 is 31.5 Å². The van der Waals surface area contributed by atoms with E-state index in [2.05, 4.69) is 0 Å². The average Bonchev–Trinajstić information content (AvgIpc) is 3.14. The SMILES string of the molecule is Cc1ccc(S(=O)(=O)O)cc1.NC1C(=O)N2C(C(=O)OCc3ccccc3)C3(CCOSC3)S[C@@H]12. The molecule has 3 aliphatic rings. The Morgan fingerprint density at radius 3 is 2.51 bits per heavy atom. The Labute approximate surface area is 212 Å². The van der Waals surface area contributed by atoms with Gasteiger partial charge in [-0.1, -0.05) is 48.0 Å². The second-order valence-corrected chi connectivity index (χ2v) is 12.2. The fraction of sp³-hybridized carbons (Fsp3) is 0.391. The third-order valence-electron chi connectivity index (χ3n) is 6.01. The maximum atomic E-state index is 12.8. The van der Waals surface area contributed by atoms with Gasteiger partial charge in [-0.15, -0.1) is 11.8 Å². The first-order valence-corrected chi connectivity index (χ1v) is 14.1. The molecule has 0 bridgehead atoms. The Hall–Kier alpha value is -2.09. The van der Waals surface area contributed by atoms with E-state index in [1.807, 2.05) is 37.3 Å². The Kier molecular flexibility index (Phi) is 7.79. The number of amides is 1. The molecule has 3 N–H and O–H groups in total. The van der Waals surface area contributed by atoms with Crippen LogP contribution in [0.5, 0.6) is 0 Å². The molecule has 5 rings (SSSR count). The van der Waals surface area contributed by atoms with Gasteiger partial charge in [0.05, 0.1) is 16.2 Å². The zero-order valence-electron chi connectivity index (χ0n) is 18.9. The molecule has 2 aromatic carbocycles. The van der Waals surface area contributed by atoms with Crippen LogP contribution < -0.4 is 5.73 Å². The smallest absolute Gasteiger partial charge is 0.330 e. The average molecular weight is 539 g/mol. The van der Waals surface area contributed by atoms with E-state index in [4.69, 9.17) is 19.2 Å². The van der Waals surface area contributed by atoms with Crippen LogP contribution in [0.15, 0.2) is 59.5 Å². The number of fused-ring (bicyclic) bond motifs is 1. The Morgan fingerprint density at radius 1 is 1.23 bits per heavy atom. The van der Waals surface area contributed by atoms with Gasteiger partial charge in [-0.25, -0.2) is 4.79 Å². The van der Waals surface area contributed by atoms with Gasteiger partial charge in [-0.3, -0.25) is 9.35 Å². The number of ether oxygens (including phenoxy) is 1. The van der Waals surface area contributed by atoms with E-state index in [1.54, 1.807) is 28.8 Å². The molecule has 9 nitrogen and oxygen atoms in total. The Bertz CT molecular complexity index is 1170. The first-order valence-electron chi connectivity index (χ1n) is 10.9. The van der Waals surface area contributed by atoms with Crippen molar-refractivity contribution in [3.8, 4) is 0 Å². The van der Waals surface area contributed by atoms with Gasteiger partial charge >= 0.3 is 5.97 Å². The van der Waals surface area contributed by atoms with Gasteiger partial charge in [0.2, 0.25) is 5.91 Å². The minimum Gasteiger partial charge on any atom is -0.459 e. The highest BCUT2D eigenvalue weighted by Crippen LogP contribution is 2.55. The van der Waals surface area contributed by atoms with Crippen LogP contribution in [-0.4, -0.2) is 64.3 Å². The molecule has 3 heterocycles. The molecule has 1 spiro atoms. The molecule has 0 radical (unpaired) electrons. The molecule has 4 atom stereocenters. The predicted molar refractivity (Wildman–Crippen MR) is 133 cm³/mol. The van der Waals surface area contributed by atoms with Crippen molar-refractivity contribution >= 4 is 45.8 Å². The van der Waals surface area contributed by atoms with Gasteiger partial charge in [0, 0.05) is 5.75 Å². The molecule has 3 aliphatic heterocycles. The van der Waals surface area contributed by atoms with Gasteiger partial charge < -0.3 is 19.6 Å². The number of rotatable bonds is 4. The van der Waals surface area contributed by atoms with Crippen molar-refractivity contribution in [3.63, 3.8) is 0 Å². The van der Waals surface area contributed by atoms with Crippen LogP contribution in [-0.2, 0) is 35.2 Å². The molecule has 35 heavy (non-hydrogen) atoms. The van der Waals surface area contributed by atoms with E-state index in [-0.39, 0.29) is 33.5 Å². The summed E-state index contributed by atoms with van der Waals surface area (Å²) in [5.74, 6) is 0.134. The number of β-lactam (4-membered cyclic amide) rings is 1. The fourth-order valence-electron chi connectivity index (χ4n) is 4.11. The third-order valence-corrected chi connectivity index (χ3v) is 9.83. The molecule has 12 heteroatoms. The van der Waals surface area contributed by atoms with Crippen LogP contribution in [0.4, 0.5) is 0 Å². The van der Waals surface area contributed by atoms with Crippen molar-refractivity contribution in [2.75, 3.05) is 12.4 Å². The highest BCUT2D eigenvalue weighted by Gasteiger charge is 2.66. The van der Waals surface area contributed by atoms with Crippen molar-refractivity contribution in [2.24, 2.45) is 5.73 Å². The largest absolute Gasteiger partial charge is 0.459 e. The second-order valence-electron chi connectivity index (χ2n) is 8.46. The predicted octanol–water partition coefficient (Wildman–Crippen LogP) is 2.39. The maximum Gasteiger partial charge on any atom is 0.330 e. The van der Waals surface area contributed by atoms with E-state index in [9.17, 15) is 18.0 Å². The van der Waals surface area contributed by atoms with Gasteiger partial charge in [0.1, 0.15) is 24.1 Å². The summed E-state index contributed by atoms with van der Waals surface area (Å²) < 4.78 is 40.1. The molecule has 3 unspecified atom stereocenters. The van der Waals surface area contributed by atoms with Crippen LogP contribution in [0, 0.1) is 6.92 Å². The molecule has 3 fully saturated rings. The number of thioether (sulfide) groups is 1. The topological polar surface area (TPSA) is 136 Å². The summed E-state index contributed by atoms with van der Waals surface area (Å²) in [6.07, 6.45) is 0.711. The van der Waals surface area contributed by atoms with Crippen molar-refractivity contribution in [1.29, 1.82) is 0 Å². The Morgan fingerprint density at radius 2 is 1.91 bits per heavy atom. The summed E-state index contributed by atoms with van der Waals surface area (Å²) in [6, 6.07) is 14.4. The quantitative estimate of drug-likeness (QED) is 0.258. The molecule has 3 saturated heterocycles. The number of nitrogens with two attached hydrogens (primary N) is 1. The van der Waals surface area contributed by atoms with E-state index in [0.717, 1.165) is 11.1 Å². The van der Waals surface area contributed by atoms with Gasteiger partial charge in [0.25, 0.3) is 10.1 Å². The van der Waals surface area contributed by atoms with Crippen molar-refractivity contribution in [2.45, 2.75) is 47.1 Å². The lowest BCUT2D eigenvalue weighted by molar-refractivity contribution is -0.164. The van der Waals surface area contributed by atoms with Crippen LogP contribution in [0.2, 0.25) is 0 Å². The van der Waals surface area contributed by atoms with Crippen LogP contribution >= 0.6 is 23.8 Å².